The number of anilines is 1. The highest BCUT2D eigenvalue weighted by Crippen LogP contribution is 2.26. The molecule has 1 heterocycles. The Bertz CT molecular complexity index is 379. The number of hydrogen-bond donors (Lipinski definition) is 1. The first-order chi connectivity index (χ1) is 8.69. The van der Waals surface area contributed by atoms with E-state index in [1.54, 1.807) is 0 Å². The summed E-state index contributed by atoms with van der Waals surface area (Å²) < 4.78 is 0. The van der Waals surface area contributed by atoms with E-state index in [1.807, 2.05) is 11.8 Å². The lowest BCUT2D eigenvalue weighted by molar-refractivity contribution is 0.480. The summed E-state index contributed by atoms with van der Waals surface area (Å²) in [6, 6.07) is 9.49. The Kier molecular flexibility index (Phi) is 4.95. The summed E-state index contributed by atoms with van der Waals surface area (Å²) in [7, 11) is 0. The SMILES string of the molecule is CSc1cccc(N2CCC(CNC(C)C)C2)c1. The summed E-state index contributed by atoms with van der Waals surface area (Å²) in [6.45, 7) is 7.97. The van der Waals surface area contributed by atoms with Crippen LogP contribution in [0.3, 0.4) is 0 Å². The van der Waals surface area contributed by atoms with Crippen LogP contribution in [-0.2, 0) is 0 Å². The molecular formula is C15H24N2S. The molecule has 0 amide bonds. The van der Waals surface area contributed by atoms with Crippen molar-refractivity contribution in [3.8, 4) is 0 Å². The third-order valence-electron chi connectivity index (χ3n) is 3.52. The predicted octanol–water partition coefficient (Wildman–Crippen LogP) is 3.23. The Labute approximate surface area is 115 Å². The minimum absolute atomic E-state index is 0.596. The molecule has 100 valence electrons. The van der Waals surface area contributed by atoms with Crippen molar-refractivity contribution in [3.63, 3.8) is 0 Å². The van der Waals surface area contributed by atoms with Gasteiger partial charge in [-0.05, 0) is 43.3 Å². The molecule has 18 heavy (non-hydrogen) atoms. The van der Waals surface area contributed by atoms with Gasteiger partial charge in [-0.1, -0.05) is 19.9 Å². The molecule has 1 aromatic rings. The van der Waals surface area contributed by atoms with Crippen molar-refractivity contribution in [2.75, 3.05) is 30.8 Å². The van der Waals surface area contributed by atoms with Crippen LogP contribution in [0.5, 0.6) is 0 Å². The molecule has 3 heteroatoms. The van der Waals surface area contributed by atoms with Crippen molar-refractivity contribution >= 4 is 17.4 Å². The second kappa shape index (κ2) is 6.48. The first-order valence-electron chi connectivity index (χ1n) is 6.81. The van der Waals surface area contributed by atoms with Crippen LogP contribution in [0.15, 0.2) is 29.2 Å². The molecule has 0 saturated carbocycles. The second-order valence-corrected chi connectivity index (χ2v) is 6.24. The smallest absolute Gasteiger partial charge is 0.0377 e. The molecule has 2 rings (SSSR count). The summed E-state index contributed by atoms with van der Waals surface area (Å²) >= 11 is 1.82. The highest BCUT2D eigenvalue weighted by Gasteiger charge is 2.22. The van der Waals surface area contributed by atoms with Gasteiger partial charge in [0.2, 0.25) is 0 Å². The van der Waals surface area contributed by atoms with Gasteiger partial charge in [-0.3, -0.25) is 0 Å². The minimum atomic E-state index is 0.596. The number of hydrogen-bond acceptors (Lipinski definition) is 3. The van der Waals surface area contributed by atoms with E-state index in [-0.39, 0.29) is 0 Å². The summed E-state index contributed by atoms with van der Waals surface area (Å²) in [5, 5.41) is 3.55. The Morgan fingerprint density at radius 1 is 1.44 bits per heavy atom. The van der Waals surface area contributed by atoms with Crippen molar-refractivity contribution in [1.82, 2.24) is 5.32 Å². The molecule has 0 bridgehead atoms. The maximum absolute atomic E-state index is 3.55. The van der Waals surface area contributed by atoms with Gasteiger partial charge in [0, 0.05) is 29.7 Å². The molecule has 1 unspecified atom stereocenters. The minimum Gasteiger partial charge on any atom is -0.371 e. The Morgan fingerprint density at radius 3 is 3.00 bits per heavy atom. The van der Waals surface area contributed by atoms with Crippen molar-refractivity contribution in [2.45, 2.75) is 31.2 Å². The molecule has 0 aromatic heterocycles. The largest absolute Gasteiger partial charge is 0.371 e. The number of nitrogens with one attached hydrogen (secondary N) is 1. The molecule has 1 saturated heterocycles. The molecule has 1 aliphatic rings. The summed E-state index contributed by atoms with van der Waals surface area (Å²) in [5.74, 6) is 0.797. The van der Waals surface area contributed by atoms with Crippen LogP contribution in [0.25, 0.3) is 0 Å². The molecule has 1 atom stereocenters. The van der Waals surface area contributed by atoms with Crippen LogP contribution in [-0.4, -0.2) is 31.9 Å². The maximum atomic E-state index is 3.55. The summed E-state index contributed by atoms with van der Waals surface area (Å²) in [6.07, 6.45) is 3.45. The Morgan fingerprint density at radius 2 is 2.28 bits per heavy atom. The highest BCUT2D eigenvalue weighted by molar-refractivity contribution is 7.98. The number of rotatable bonds is 5. The van der Waals surface area contributed by atoms with Gasteiger partial charge in [-0.2, -0.15) is 0 Å². The van der Waals surface area contributed by atoms with Gasteiger partial charge in [0.25, 0.3) is 0 Å². The molecular weight excluding hydrogens is 240 g/mol. The molecule has 0 aliphatic carbocycles. The van der Waals surface area contributed by atoms with Gasteiger partial charge in [0.05, 0.1) is 0 Å². The second-order valence-electron chi connectivity index (χ2n) is 5.37. The van der Waals surface area contributed by atoms with Gasteiger partial charge in [0.1, 0.15) is 0 Å². The Balaban J connectivity index is 1.91. The maximum Gasteiger partial charge on any atom is 0.0377 e. The average Bonchev–Trinajstić information content (AvgIpc) is 2.85. The van der Waals surface area contributed by atoms with E-state index >= 15 is 0 Å². The molecule has 1 fully saturated rings. The third-order valence-corrected chi connectivity index (χ3v) is 4.24. The molecule has 1 aliphatic heterocycles. The fourth-order valence-corrected chi connectivity index (χ4v) is 2.90. The zero-order valence-corrected chi connectivity index (χ0v) is 12.5. The fourth-order valence-electron chi connectivity index (χ4n) is 2.44. The lowest BCUT2D eigenvalue weighted by Crippen LogP contribution is -2.30. The normalized spacial score (nSPS) is 19.8. The number of benzene rings is 1. The first kappa shape index (κ1) is 13.8. The van der Waals surface area contributed by atoms with E-state index in [0.29, 0.717) is 6.04 Å². The van der Waals surface area contributed by atoms with Crippen LogP contribution in [0, 0.1) is 5.92 Å². The van der Waals surface area contributed by atoms with Gasteiger partial charge in [-0.25, -0.2) is 0 Å². The first-order valence-corrected chi connectivity index (χ1v) is 8.04. The van der Waals surface area contributed by atoms with E-state index in [9.17, 15) is 0 Å². The molecule has 1 aromatic carbocycles. The van der Waals surface area contributed by atoms with E-state index in [2.05, 4.69) is 54.6 Å². The fraction of sp³-hybridized carbons (Fsp3) is 0.600. The van der Waals surface area contributed by atoms with E-state index in [1.165, 1.54) is 30.1 Å². The topological polar surface area (TPSA) is 15.3 Å². The zero-order chi connectivity index (χ0) is 13.0. The highest BCUT2D eigenvalue weighted by atomic mass is 32.2. The monoisotopic (exact) mass is 264 g/mol. The Hall–Kier alpha value is -0.670. The lowest BCUT2D eigenvalue weighted by Gasteiger charge is -2.20. The molecule has 1 N–H and O–H groups in total. The van der Waals surface area contributed by atoms with Crippen molar-refractivity contribution in [2.24, 2.45) is 5.92 Å². The quantitative estimate of drug-likeness (QED) is 0.822. The van der Waals surface area contributed by atoms with Crippen LogP contribution in [0.4, 0.5) is 5.69 Å². The van der Waals surface area contributed by atoms with Gasteiger partial charge in [-0.15, -0.1) is 11.8 Å². The average molecular weight is 264 g/mol. The van der Waals surface area contributed by atoms with Gasteiger partial charge in [0.15, 0.2) is 0 Å². The predicted molar refractivity (Wildman–Crippen MR) is 81.7 cm³/mol. The lowest BCUT2D eigenvalue weighted by atomic mass is 10.1. The van der Waals surface area contributed by atoms with Crippen LogP contribution in [0.1, 0.15) is 20.3 Å². The van der Waals surface area contributed by atoms with Crippen LogP contribution < -0.4 is 10.2 Å². The van der Waals surface area contributed by atoms with Crippen molar-refractivity contribution in [3.05, 3.63) is 24.3 Å². The van der Waals surface area contributed by atoms with Crippen LogP contribution >= 0.6 is 11.8 Å². The zero-order valence-electron chi connectivity index (χ0n) is 11.6. The summed E-state index contributed by atoms with van der Waals surface area (Å²) in [5.41, 5.74) is 1.38. The number of thioether (sulfide) groups is 1. The molecule has 0 radical (unpaired) electrons. The van der Waals surface area contributed by atoms with E-state index in [0.717, 1.165) is 12.5 Å². The van der Waals surface area contributed by atoms with Crippen molar-refractivity contribution < 1.29 is 0 Å². The van der Waals surface area contributed by atoms with E-state index in [4.69, 9.17) is 0 Å². The van der Waals surface area contributed by atoms with E-state index < -0.39 is 0 Å². The standard InChI is InChI=1S/C15H24N2S/c1-12(2)16-10-13-7-8-17(11-13)14-5-4-6-15(9-14)18-3/h4-6,9,12-13,16H,7-8,10-11H2,1-3H3. The van der Waals surface area contributed by atoms with Crippen LogP contribution in [0.2, 0.25) is 0 Å². The molecule has 2 nitrogen and oxygen atoms in total. The molecule has 0 spiro atoms. The number of nitrogens with zero attached hydrogens (tertiary/aromatic N) is 1. The van der Waals surface area contributed by atoms with Gasteiger partial charge >= 0.3 is 0 Å². The van der Waals surface area contributed by atoms with Gasteiger partial charge < -0.3 is 10.2 Å². The van der Waals surface area contributed by atoms with Crippen molar-refractivity contribution in [1.29, 1.82) is 0 Å². The third kappa shape index (κ3) is 3.66. The summed E-state index contributed by atoms with van der Waals surface area (Å²) in [4.78, 5) is 3.88.